The van der Waals surface area contributed by atoms with Gasteiger partial charge in [0.15, 0.2) is 5.82 Å². The van der Waals surface area contributed by atoms with Gasteiger partial charge in [-0.2, -0.15) is 0 Å². The molecule has 1 aliphatic rings. The Balaban J connectivity index is 1.78. The first-order valence-electron chi connectivity index (χ1n) is 7.68. The largest absolute Gasteiger partial charge is 0.495 e. The second-order valence-corrected chi connectivity index (χ2v) is 6.95. The highest BCUT2D eigenvalue weighted by Crippen LogP contribution is 2.34. The normalized spacial score (nSPS) is 14.8. The fourth-order valence-corrected chi connectivity index (χ4v) is 3.39. The highest BCUT2D eigenvalue weighted by Gasteiger charge is 2.24. The number of benzene rings is 2. The van der Waals surface area contributed by atoms with Gasteiger partial charge in [0.2, 0.25) is 0 Å². The van der Waals surface area contributed by atoms with Gasteiger partial charge in [-0.3, -0.25) is 0 Å². The second kappa shape index (κ2) is 7.25. The Morgan fingerprint density at radius 1 is 1.08 bits per heavy atom. The molecule has 0 atom stereocenters. The minimum absolute atomic E-state index is 0.0641. The van der Waals surface area contributed by atoms with Gasteiger partial charge in [-0.05, 0) is 28.1 Å². The number of piperazine rings is 1. The number of hydrogen-bond acceptors (Lipinski definition) is 4. The first-order valence-corrected chi connectivity index (χ1v) is 8.86. The van der Waals surface area contributed by atoms with E-state index in [0.717, 1.165) is 0 Å². The molecule has 1 heterocycles. The first kappa shape index (κ1) is 18.1. The maximum Gasteiger partial charge on any atom is 0.166 e. The molecule has 1 aliphatic heterocycles. The summed E-state index contributed by atoms with van der Waals surface area (Å²) < 4.78 is 34.3. The number of nitrogen functional groups attached to an aromatic ring is 1. The van der Waals surface area contributed by atoms with Gasteiger partial charge < -0.3 is 20.3 Å². The number of rotatable bonds is 3. The van der Waals surface area contributed by atoms with E-state index in [4.69, 9.17) is 22.1 Å². The third-order valence-corrected chi connectivity index (χ3v) is 5.53. The molecule has 0 radical (unpaired) electrons. The van der Waals surface area contributed by atoms with Crippen molar-refractivity contribution in [3.8, 4) is 5.75 Å². The Morgan fingerprint density at radius 2 is 1.68 bits per heavy atom. The molecule has 1 saturated heterocycles. The van der Waals surface area contributed by atoms with Gasteiger partial charge in [0.05, 0.1) is 29.2 Å². The fourth-order valence-electron chi connectivity index (χ4n) is 2.93. The zero-order valence-electron chi connectivity index (χ0n) is 13.5. The minimum Gasteiger partial charge on any atom is -0.495 e. The molecule has 2 N–H and O–H groups in total. The summed E-state index contributed by atoms with van der Waals surface area (Å²) in [5.41, 5.74) is 6.86. The van der Waals surface area contributed by atoms with E-state index in [-0.39, 0.29) is 10.7 Å². The van der Waals surface area contributed by atoms with E-state index in [1.165, 1.54) is 13.2 Å². The van der Waals surface area contributed by atoms with E-state index < -0.39 is 11.6 Å². The molecular formula is C17H17BrClF2N3O. The number of nitrogens with two attached hydrogens (primary N) is 1. The smallest absolute Gasteiger partial charge is 0.166 e. The monoisotopic (exact) mass is 431 g/mol. The molecule has 0 aliphatic carbocycles. The van der Waals surface area contributed by atoms with Crippen LogP contribution in [0.2, 0.25) is 5.02 Å². The van der Waals surface area contributed by atoms with Gasteiger partial charge in [-0.25, -0.2) is 8.78 Å². The zero-order valence-corrected chi connectivity index (χ0v) is 15.9. The van der Waals surface area contributed by atoms with Crippen molar-refractivity contribution in [1.82, 2.24) is 0 Å². The molecule has 0 amide bonds. The highest BCUT2D eigenvalue weighted by molar-refractivity contribution is 9.10. The van der Waals surface area contributed by atoms with Crippen molar-refractivity contribution in [2.24, 2.45) is 0 Å². The summed E-state index contributed by atoms with van der Waals surface area (Å²) in [6.45, 7) is 2.16. The van der Waals surface area contributed by atoms with Gasteiger partial charge >= 0.3 is 0 Å². The number of halogens is 4. The molecule has 134 valence electrons. The van der Waals surface area contributed by atoms with Crippen LogP contribution in [0.3, 0.4) is 0 Å². The summed E-state index contributed by atoms with van der Waals surface area (Å²) in [6, 6.07) is 6.26. The van der Waals surface area contributed by atoms with Crippen molar-refractivity contribution < 1.29 is 13.5 Å². The van der Waals surface area contributed by atoms with Crippen LogP contribution in [-0.4, -0.2) is 33.3 Å². The van der Waals surface area contributed by atoms with Gasteiger partial charge in [0, 0.05) is 42.8 Å². The van der Waals surface area contributed by atoms with Crippen molar-refractivity contribution in [1.29, 1.82) is 0 Å². The summed E-state index contributed by atoms with van der Waals surface area (Å²) in [5, 5.41) is 0.0641. The summed E-state index contributed by atoms with van der Waals surface area (Å²) in [6.07, 6.45) is 0. The average Bonchev–Trinajstić information content (AvgIpc) is 2.60. The van der Waals surface area contributed by atoms with Crippen LogP contribution in [0.4, 0.5) is 25.8 Å². The lowest BCUT2D eigenvalue weighted by atomic mass is 10.2. The summed E-state index contributed by atoms with van der Waals surface area (Å²) in [4.78, 5) is 3.79. The number of methoxy groups -OCH3 is 1. The molecule has 25 heavy (non-hydrogen) atoms. The lowest BCUT2D eigenvalue weighted by Crippen LogP contribution is -2.47. The number of nitrogens with zero attached hydrogens (tertiary/aromatic N) is 2. The number of hydrogen-bond donors (Lipinski definition) is 1. The van der Waals surface area contributed by atoms with Crippen LogP contribution in [0.15, 0.2) is 28.7 Å². The average molecular weight is 433 g/mol. The lowest BCUT2D eigenvalue weighted by Gasteiger charge is -2.37. The number of ether oxygens (including phenoxy) is 1. The van der Waals surface area contributed by atoms with E-state index in [2.05, 4.69) is 15.9 Å². The van der Waals surface area contributed by atoms with Crippen molar-refractivity contribution >= 4 is 44.6 Å². The van der Waals surface area contributed by atoms with Crippen molar-refractivity contribution in [3.63, 3.8) is 0 Å². The Kier molecular flexibility index (Phi) is 5.24. The SMILES string of the molecule is COc1cc(N2CCN(c3ccc(Br)c(Cl)c3F)CC2)c(F)cc1N. The van der Waals surface area contributed by atoms with Gasteiger partial charge in [0.25, 0.3) is 0 Å². The Bertz CT molecular complexity index is 798. The third-order valence-electron chi connectivity index (χ3n) is 4.28. The van der Waals surface area contributed by atoms with E-state index in [1.807, 2.05) is 9.80 Å². The van der Waals surface area contributed by atoms with Crippen LogP contribution in [-0.2, 0) is 0 Å². The molecule has 8 heteroatoms. The Morgan fingerprint density at radius 3 is 2.28 bits per heavy atom. The molecule has 4 nitrogen and oxygen atoms in total. The molecule has 3 rings (SSSR count). The molecule has 0 saturated carbocycles. The summed E-state index contributed by atoms with van der Waals surface area (Å²) in [5.74, 6) is -0.418. The molecule has 0 spiro atoms. The maximum absolute atomic E-state index is 14.4. The van der Waals surface area contributed by atoms with Crippen LogP contribution in [0.1, 0.15) is 0 Å². The van der Waals surface area contributed by atoms with Gasteiger partial charge in [-0.1, -0.05) is 11.6 Å². The maximum atomic E-state index is 14.4. The Labute approximate surface area is 158 Å². The Hall–Kier alpha value is -1.73. The molecular weight excluding hydrogens is 416 g/mol. The summed E-state index contributed by atoms with van der Waals surface area (Å²) >= 11 is 9.17. The molecule has 0 bridgehead atoms. The van der Waals surface area contributed by atoms with Crippen molar-refractivity contribution in [2.45, 2.75) is 0 Å². The van der Waals surface area contributed by atoms with Gasteiger partial charge in [-0.15, -0.1) is 0 Å². The molecule has 0 aromatic heterocycles. The van der Waals surface area contributed by atoms with Crippen LogP contribution in [0.25, 0.3) is 0 Å². The summed E-state index contributed by atoms with van der Waals surface area (Å²) in [7, 11) is 1.49. The predicted octanol–water partition coefficient (Wildman–Crippen LogP) is 4.30. The van der Waals surface area contributed by atoms with Crippen molar-refractivity contribution in [3.05, 3.63) is 45.4 Å². The zero-order chi connectivity index (χ0) is 18.1. The predicted molar refractivity (Wildman–Crippen MR) is 101 cm³/mol. The molecule has 0 unspecified atom stereocenters. The minimum atomic E-state index is -0.454. The lowest BCUT2D eigenvalue weighted by molar-refractivity contribution is 0.416. The van der Waals surface area contributed by atoms with E-state index in [1.54, 1.807) is 18.2 Å². The van der Waals surface area contributed by atoms with E-state index in [0.29, 0.717) is 47.8 Å². The molecule has 1 fully saturated rings. The van der Waals surface area contributed by atoms with E-state index >= 15 is 0 Å². The fraction of sp³-hybridized carbons (Fsp3) is 0.294. The van der Waals surface area contributed by atoms with Crippen LogP contribution in [0, 0.1) is 11.6 Å². The third kappa shape index (κ3) is 3.48. The van der Waals surface area contributed by atoms with Crippen LogP contribution in [0.5, 0.6) is 5.75 Å². The number of anilines is 3. The topological polar surface area (TPSA) is 41.7 Å². The van der Waals surface area contributed by atoms with Gasteiger partial charge in [0.1, 0.15) is 11.6 Å². The quantitative estimate of drug-likeness (QED) is 0.580. The molecule has 2 aromatic rings. The first-order chi connectivity index (χ1) is 11.9. The van der Waals surface area contributed by atoms with E-state index in [9.17, 15) is 8.78 Å². The van der Waals surface area contributed by atoms with Crippen molar-refractivity contribution in [2.75, 3.05) is 48.8 Å². The second-order valence-electron chi connectivity index (χ2n) is 5.71. The highest BCUT2D eigenvalue weighted by atomic mass is 79.9. The van der Waals surface area contributed by atoms with Crippen LogP contribution >= 0.6 is 27.5 Å². The standard InChI is InChI=1S/C17H17BrClF2N3O/c1-25-15-9-14(11(20)8-12(15)22)24-6-4-23(5-7-24)13-3-2-10(18)16(19)17(13)21/h2-3,8-9H,4-7,22H2,1H3. The molecule has 2 aromatic carbocycles. The van der Waals surface area contributed by atoms with Crippen LogP contribution < -0.4 is 20.3 Å².